The monoisotopic (exact) mass is 609 g/mol. The van der Waals surface area contributed by atoms with Crippen molar-refractivity contribution in [2.24, 2.45) is 0 Å². The van der Waals surface area contributed by atoms with Gasteiger partial charge < -0.3 is 0 Å². The Kier molecular flexibility index (Phi) is 10.3. The van der Waals surface area contributed by atoms with Gasteiger partial charge in [0.2, 0.25) is 0 Å². The van der Waals surface area contributed by atoms with Crippen LogP contribution in [-0.2, 0) is 36.7 Å². The predicted octanol–water partition coefficient (Wildman–Crippen LogP) is 7.90. The van der Waals surface area contributed by atoms with Crippen LogP contribution in [-0.4, -0.2) is 56.6 Å². The summed E-state index contributed by atoms with van der Waals surface area (Å²) in [5.41, 5.74) is -1.02. The van der Waals surface area contributed by atoms with Gasteiger partial charge in [0.05, 0.1) is 0 Å². The molecule has 0 N–H and O–H groups in total. The summed E-state index contributed by atoms with van der Waals surface area (Å²) in [5, 5.41) is 4.38. The molecule has 7 nitrogen and oxygen atoms in total. The van der Waals surface area contributed by atoms with Crippen molar-refractivity contribution >= 4 is 5.97 Å². The van der Waals surface area contributed by atoms with Crippen molar-refractivity contribution in [2.45, 2.75) is 196 Å². The maximum atomic E-state index is 13.6. The number of esters is 1. The van der Waals surface area contributed by atoms with Gasteiger partial charge in [-0.3, -0.25) is 0 Å². The third kappa shape index (κ3) is 7.96. The van der Waals surface area contributed by atoms with Gasteiger partial charge in [-0.1, -0.05) is 0 Å². The van der Waals surface area contributed by atoms with Crippen LogP contribution in [0.25, 0.3) is 0 Å². The SMILES string of the molecule is CC1(C)CC(OC(=O)[CH2][Co](=[O])[CH]2CC(C)(C)N(OC3CCCCC3)C(C)(C)C2)CC(C)(C)N1OC1CCCCC1. The Morgan fingerprint density at radius 3 is 1.40 bits per heavy atom. The van der Waals surface area contributed by atoms with Gasteiger partial charge >= 0.3 is 249 Å². The molecule has 0 unspecified atom stereocenters. The minimum absolute atomic E-state index is 0.00699. The van der Waals surface area contributed by atoms with Crippen LogP contribution >= 0.6 is 0 Å². The van der Waals surface area contributed by atoms with Crippen molar-refractivity contribution in [2.75, 3.05) is 0 Å². The number of nitrogens with zero attached hydrogens (tertiary/aromatic N) is 2. The van der Waals surface area contributed by atoms with Crippen molar-refractivity contribution in [1.82, 2.24) is 10.1 Å². The number of hydrogen-bond donors (Lipinski definition) is 0. The van der Waals surface area contributed by atoms with Crippen molar-refractivity contribution in [1.29, 1.82) is 0 Å². The molecule has 4 aliphatic rings. The Balaban J connectivity index is 1.32. The summed E-state index contributed by atoms with van der Waals surface area (Å²) in [6, 6.07) is 0. The Labute approximate surface area is 248 Å². The van der Waals surface area contributed by atoms with E-state index in [1.165, 1.54) is 38.5 Å². The van der Waals surface area contributed by atoms with Crippen LogP contribution < -0.4 is 0 Å². The van der Waals surface area contributed by atoms with Gasteiger partial charge in [0, 0.05) is 0 Å². The second kappa shape index (κ2) is 12.7. The zero-order chi connectivity index (χ0) is 29.3. The summed E-state index contributed by atoms with van der Waals surface area (Å²) >= 11 is -1.70. The molecule has 4 fully saturated rings. The van der Waals surface area contributed by atoms with Crippen LogP contribution in [0.2, 0.25) is 10.2 Å². The van der Waals surface area contributed by atoms with Crippen LogP contribution in [0, 0.1) is 0 Å². The van der Waals surface area contributed by atoms with Crippen LogP contribution in [0.1, 0.15) is 145 Å². The zero-order valence-corrected chi connectivity index (χ0v) is 27.7. The molecule has 0 aromatic rings. The van der Waals surface area contributed by atoms with Crippen molar-refractivity contribution < 1.29 is 36.7 Å². The summed E-state index contributed by atoms with van der Waals surface area (Å²) in [6.45, 7) is 17.5. The average molecular weight is 610 g/mol. The Morgan fingerprint density at radius 1 is 0.625 bits per heavy atom. The van der Waals surface area contributed by atoms with Gasteiger partial charge in [-0.05, 0) is 0 Å². The molecule has 0 aromatic carbocycles. The number of ether oxygens (including phenoxy) is 1. The fourth-order valence-corrected chi connectivity index (χ4v) is 10.3. The molecule has 0 bridgehead atoms. The molecule has 0 atom stereocenters. The quantitative estimate of drug-likeness (QED) is 0.259. The summed E-state index contributed by atoms with van der Waals surface area (Å²) in [6.07, 6.45) is 15.3. The van der Waals surface area contributed by atoms with Crippen LogP contribution in [0.4, 0.5) is 0 Å². The molecule has 235 valence electrons. The number of carbonyl (C=O) groups is 1. The van der Waals surface area contributed by atoms with E-state index < -0.39 is 13.6 Å². The molecule has 2 aliphatic heterocycles. The molecule has 0 amide bonds. The molecule has 0 spiro atoms. The molecule has 2 saturated heterocycles. The van der Waals surface area contributed by atoms with Gasteiger partial charge in [-0.15, -0.1) is 0 Å². The van der Waals surface area contributed by atoms with Gasteiger partial charge in [-0.2, -0.15) is 0 Å². The average Bonchev–Trinajstić information content (AvgIpc) is 2.84. The van der Waals surface area contributed by atoms with Crippen LogP contribution in [0.5, 0.6) is 0 Å². The number of piperidine rings is 2. The molecule has 4 rings (SSSR count). The topological polar surface area (TPSA) is 68.3 Å². The van der Waals surface area contributed by atoms with Gasteiger partial charge in [-0.25, -0.2) is 0 Å². The molecule has 2 saturated carbocycles. The molecular formula is C32H58CoN2O5. The maximum absolute atomic E-state index is 13.6. The summed E-state index contributed by atoms with van der Waals surface area (Å²) < 4.78 is 19.7. The van der Waals surface area contributed by atoms with E-state index in [1.807, 2.05) is 0 Å². The zero-order valence-electron chi connectivity index (χ0n) is 26.7. The van der Waals surface area contributed by atoms with Crippen LogP contribution in [0.15, 0.2) is 0 Å². The first-order valence-corrected chi connectivity index (χ1v) is 17.7. The fourth-order valence-electron chi connectivity index (χ4n) is 8.12. The van der Waals surface area contributed by atoms with E-state index in [1.54, 1.807) is 0 Å². The van der Waals surface area contributed by atoms with Gasteiger partial charge in [0.15, 0.2) is 0 Å². The third-order valence-corrected chi connectivity index (χ3v) is 11.5. The molecular weight excluding hydrogens is 551 g/mol. The first kappa shape index (κ1) is 32.5. The van der Waals surface area contributed by atoms with Crippen molar-refractivity contribution in [3.8, 4) is 0 Å². The second-order valence-corrected chi connectivity index (χ2v) is 17.7. The van der Waals surface area contributed by atoms with E-state index in [0.29, 0.717) is 12.8 Å². The Bertz CT molecular complexity index is 856. The first-order valence-electron chi connectivity index (χ1n) is 16.0. The number of carbonyl (C=O) groups excluding carboxylic acids is 1. The van der Waals surface area contributed by atoms with E-state index in [2.05, 4.69) is 65.5 Å². The third-order valence-electron chi connectivity index (χ3n) is 9.50. The number of hydrogen-bond acceptors (Lipinski definition) is 7. The summed E-state index contributed by atoms with van der Waals surface area (Å²) in [5.74, 6) is -0.324. The van der Waals surface area contributed by atoms with E-state index in [0.717, 1.165) is 38.5 Å². The van der Waals surface area contributed by atoms with Gasteiger partial charge in [0.25, 0.3) is 0 Å². The summed E-state index contributed by atoms with van der Waals surface area (Å²) in [4.78, 5) is 26.3. The first-order chi connectivity index (χ1) is 18.6. The van der Waals surface area contributed by atoms with E-state index in [-0.39, 0.29) is 56.6 Å². The Hall–Kier alpha value is -0.384. The number of rotatable bonds is 8. The molecule has 2 heterocycles. The normalized spacial score (nSPS) is 29.2. The number of hydroxylamine groups is 4. The Morgan fingerprint density at radius 2 is 1.00 bits per heavy atom. The fraction of sp³-hybridized carbons (Fsp3) is 0.969. The molecule has 0 radical (unpaired) electrons. The van der Waals surface area contributed by atoms with E-state index >= 15 is 0 Å². The second-order valence-electron chi connectivity index (χ2n) is 15.5. The van der Waals surface area contributed by atoms with Gasteiger partial charge in [0.1, 0.15) is 0 Å². The van der Waals surface area contributed by atoms with E-state index in [9.17, 15) is 8.66 Å². The minimum atomic E-state index is -1.70. The summed E-state index contributed by atoms with van der Waals surface area (Å²) in [7, 11) is 0. The van der Waals surface area contributed by atoms with Crippen molar-refractivity contribution in [3.63, 3.8) is 0 Å². The van der Waals surface area contributed by atoms with Crippen LogP contribution in [0.3, 0.4) is 0 Å². The molecule has 8 heteroatoms. The molecule has 2 aliphatic carbocycles. The molecule has 0 aromatic heterocycles. The van der Waals surface area contributed by atoms with E-state index in [4.69, 9.17) is 14.4 Å². The molecule has 40 heavy (non-hydrogen) atoms. The standard InChI is InChI=1S/C17H30NO3.C15H28NO.Co.O/c1-13(19)20-15-11-16(2,3)18(17(4,5)12-15)21-14-9-7-6-8-10-14;1-14(2)11-8-12-15(3,4)16(14)17-13-9-6-5-7-10-13;;/h14-15H,1,6-12H2,2-5H3;8,13H,5-7,9-12H2,1-4H3;;. The van der Waals surface area contributed by atoms with Crippen molar-refractivity contribution in [3.05, 3.63) is 0 Å². The predicted molar refractivity (Wildman–Crippen MR) is 154 cm³/mol.